The second kappa shape index (κ2) is 7.51. The van der Waals surface area contributed by atoms with Gasteiger partial charge < -0.3 is 9.52 Å². The van der Waals surface area contributed by atoms with Gasteiger partial charge in [0, 0.05) is 22.9 Å². The number of benzene rings is 2. The van der Waals surface area contributed by atoms with Gasteiger partial charge in [-0.15, -0.1) is 5.10 Å². The van der Waals surface area contributed by atoms with E-state index in [1.165, 1.54) is 18.2 Å². The number of aromatic hydroxyl groups is 1. The molecule has 4 aromatic rings. The highest BCUT2D eigenvalue weighted by atomic mass is 19.4. The summed E-state index contributed by atoms with van der Waals surface area (Å²) >= 11 is 0. The van der Waals surface area contributed by atoms with E-state index in [1.807, 2.05) is 6.07 Å². The van der Waals surface area contributed by atoms with Crippen LogP contribution in [0.4, 0.5) is 13.2 Å². The SMILES string of the molecule is O=c1oc(-c2ccc(C(F)(F)F)cc2)nn1Cc1cc(-c2ccccn2)ccc1O. The molecule has 0 aliphatic heterocycles. The lowest BCUT2D eigenvalue weighted by atomic mass is 10.1. The van der Waals surface area contributed by atoms with E-state index in [0.29, 0.717) is 11.3 Å². The molecule has 0 unspecified atom stereocenters. The second-order valence-corrected chi connectivity index (χ2v) is 6.46. The third-order valence-corrected chi connectivity index (χ3v) is 4.43. The van der Waals surface area contributed by atoms with Crippen LogP contribution in [0.25, 0.3) is 22.7 Å². The molecule has 2 aromatic carbocycles. The first-order chi connectivity index (χ1) is 14.3. The van der Waals surface area contributed by atoms with Gasteiger partial charge in [0.25, 0.3) is 0 Å². The van der Waals surface area contributed by atoms with E-state index in [9.17, 15) is 23.1 Å². The van der Waals surface area contributed by atoms with Gasteiger partial charge in [0.05, 0.1) is 17.8 Å². The summed E-state index contributed by atoms with van der Waals surface area (Å²) in [7, 11) is 0. The predicted molar refractivity (Wildman–Crippen MR) is 102 cm³/mol. The molecule has 0 saturated carbocycles. The van der Waals surface area contributed by atoms with Gasteiger partial charge in [0.15, 0.2) is 0 Å². The molecule has 6 nitrogen and oxygen atoms in total. The number of rotatable bonds is 4. The van der Waals surface area contributed by atoms with E-state index in [4.69, 9.17) is 4.42 Å². The fourth-order valence-corrected chi connectivity index (χ4v) is 2.89. The highest BCUT2D eigenvalue weighted by Gasteiger charge is 2.30. The number of phenolic OH excluding ortho intramolecular Hbond substituents is 1. The van der Waals surface area contributed by atoms with Gasteiger partial charge >= 0.3 is 11.9 Å². The molecule has 0 bridgehead atoms. The number of hydrogen-bond acceptors (Lipinski definition) is 5. The Labute approximate surface area is 167 Å². The highest BCUT2D eigenvalue weighted by molar-refractivity contribution is 5.61. The Kier molecular flexibility index (Phi) is 4.86. The second-order valence-electron chi connectivity index (χ2n) is 6.46. The van der Waals surface area contributed by atoms with Crippen molar-refractivity contribution in [3.8, 4) is 28.5 Å². The minimum atomic E-state index is -4.46. The molecule has 4 rings (SSSR count). The number of hydrogen-bond donors (Lipinski definition) is 1. The summed E-state index contributed by atoms with van der Waals surface area (Å²) < 4.78 is 44.2. The van der Waals surface area contributed by atoms with E-state index in [0.717, 1.165) is 22.4 Å². The van der Waals surface area contributed by atoms with E-state index < -0.39 is 17.5 Å². The van der Waals surface area contributed by atoms with Crippen molar-refractivity contribution < 1.29 is 22.7 Å². The summed E-state index contributed by atoms with van der Waals surface area (Å²) in [6.07, 6.45) is -2.82. The fourth-order valence-electron chi connectivity index (χ4n) is 2.89. The quantitative estimate of drug-likeness (QED) is 0.538. The average molecular weight is 413 g/mol. The lowest BCUT2D eigenvalue weighted by Crippen LogP contribution is -2.16. The van der Waals surface area contributed by atoms with Gasteiger partial charge in [-0.3, -0.25) is 4.98 Å². The fraction of sp³-hybridized carbons (Fsp3) is 0.0952. The standard InChI is InChI=1S/C21H14F3N3O3/c22-21(23,24)16-7-4-13(5-8-16)19-26-27(20(29)30-19)12-15-11-14(6-9-18(15)28)17-3-1-2-10-25-17/h1-11,28H,12H2. The Hall–Kier alpha value is -3.88. The molecule has 0 atom stereocenters. The number of pyridine rings is 1. The molecular formula is C21H14F3N3O3. The Morgan fingerprint density at radius 3 is 2.40 bits per heavy atom. The maximum atomic E-state index is 12.7. The van der Waals surface area contributed by atoms with E-state index >= 15 is 0 Å². The molecule has 0 fully saturated rings. The van der Waals surface area contributed by atoms with Crippen molar-refractivity contribution in [3.05, 3.63) is 88.5 Å². The molecule has 2 heterocycles. The van der Waals surface area contributed by atoms with Gasteiger partial charge in [-0.25, -0.2) is 4.79 Å². The van der Waals surface area contributed by atoms with Crippen molar-refractivity contribution in [2.75, 3.05) is 0 Å². The molecule has 0 saturated heterocycles. The van der Waals surface area contributed by atoms with E-state index in [-0.39, 0.29) is 23.7 Å². The number of alkyl halides is 3. The number of halogens is 3. The monoisotopic (exact) mass is 413 g/mol. The normalized spacial score (nSPS) is 11.6. The van der Waals surface area contributed by atoms with Crippen LogP contribution in [0.3, 0.4) is 0 Å². The molecule has 0 aliphatic carbocycles. The lowest BCUT2D eigenvalue weighted by Gasteiger charge is -2.07. The molecule has 9 heteroatoms. The largest absolute Gasteiger partial charge is 0.508 e. The topological polar surface area (TPSA) is 81.2 Å². The zero-order valence-corrected chi connectivity index (χ0v) is 15.3. The first-order valence-electron chi connectivity index (χ1n) is 8.80. The Bertz CT molecular complexity index is 1230. The van der Waals surface area contributed by atoms with Crippen molar-refractivity contribution in [2.45, 2.75) is 12.7 Å². The first kappa shape index (κ1) is 19.4. The van der Waals surface area contributed by atoms with Crippen LogP contribution in [-0.4, -0.2) is 19.9 Å². The molecular weight excluding hydrogens is 399 g/mol. The van der Waals surface area contributed by atoms with Crippen molar-refractivity contribution in [1.29, 1.82) is 0 Å². The molecule has 0 spiro atoms. The van der Waals surface area contributed by atoms with Crippen LogP contribution in [0.5, 0.6) is 5.75 Å². The van der Waals surface area contributed by atoms with Crippen molar-refractivity contribution in [2.24, 2.45) is 0 Å². The lowest BCUT2D eigenvalue weighted by molar-refractivity contribution is -0.137. The summed E-state index contributed by atoms with van der Waals surface area (Å²) in [4.78, 5) is 16.4. The van der Waals surface area contributed by atoms with Gasteiger partial charge in [-0.1, -0.05) is 6.07 Å². The predicted octanol–water partition coefficient (Wildman–Crippen LogP) is 4.34. The summed E-state index contributed by atoms with van der Waals surface area (Å²) in [5, 5.41) is 14.2. The van der Waals surface area contributed by atoms with Gasteiger partial charge in [0.2, 0.25) is 5.89 Å². The van der Waals surface area contributed by atoms with Crippen LogP contribution in [0, 0.1) is 0 Å². The Morgan fingerprint density at radius 2 is 1.73 bits per heavy atom. The van der Waals surface area contributed by atoms with E-state index in [1.54, 1.807) is 30.5 Å². The van der Waals surface area contributed by atoms with Crippen LogP contribution < -0.4 is 5.76 Å². The molecule has 152 valence electrons. The third-order valence-electron chi connectivity index (χ3n) is 4.43. The molecule has 2 aromatic heterocycles. The minimum absolute atomic E-state index is 0.0411. The summed E-state index contributed by atoms with van der Waals surface area (Å²) in [6, 6.07) is 14.4. The van der Waals surface area contributed by atoms with Crippen molar-refractivity contribution in [1.82, 2.24) is 14.8 Å². The molecule has 30 heavy (non-hydrogen) atoms. The van der Waals surface area contributed by atoms with E-state index in [2.05, 4.69) is 10.1 Å². The summed E-state index contributed by atoms with van der Waals surface area (Å²) in [5.41, 5.74) is 1.25. The summed E-state index contributed by atoms with van der Waals surface area (Å²) in [5.74, 6) is -0.956. The minimum Gasteiger partial charge on any atom is -0.508 e. The van der Waals surface area contributed by atoms with Crippen LogP contribution in [-0.2, 0) is 12.7 Å². The molecule has 0 amide bonds. The Morgan fingerprint density at radius 1 is 1.00 bits per heavy atom. The first-order valence-corrected chi connectivity index (χ1v) is 8.80. The van der Waals surface area contributed by atoms with Crippen LogP contribution in [0.1, 0.15) is 11.1 Å². The third kappa shape index (κ3) is 3.95. The number of phenols is 1. The zero-order chi connectivity index (χ0) is 21.3. The average Bonchev–Trinajstić information content (AvgIpc) is 3.10. The Balaban J connectivity index is 1.63. The molecule has 1 N–H and O–H groups in total. The van der Waals surface area contributed by atoms with Crippen LogP contribution in [0.15, 0.2) is 76.1 Å². The van der Waals surface area contributed by atoms with Crippen molar-refractivity contribution in [3.63, 3.8) is 0 Å². The van der Waals surface area contributed by atoms with Gasteiger partial charge in [0.1, 0.15) is 5.75 Å². The molecule has 0 radical (unpaired) electrons. The maximum Gasteiger partial charge on any atom is 0.437 e. The van der Waals surface area contributed by atoms with Crippen LogP contribution >= 0.6 is 0 Å². The maximum absolute atomic E-state index is 12.7. The smallest absolute Gasteiger partial charge is 0.437 e. The highest BCUT2D eigenvalue weighted by Crippen LogP contribution is 2.30. The van der Waals surface area contributed by atoms with Crippen molar-refractivity contribution >= 4 is 0 Å². The molecule has 0 aliphatic rings. The number of nitrogens with zero attached hydrogens (tertiary/aromatic N) is 3. The van der Waals surface area contributed by atoms with Crippen LogP contribution in [0.2, 0.25) is 0 Å². The number of aromatic nitrogens is 3. The zero-order valence-electron chi connectivity index (χ0n) is 15.3. The van der Waals surface area contributed by atoms with Gasteiger partial charge in [-0.05, 0) is 54.6 Å². The van der Waals surface area contributed by atoms with Gasteiger partial charge in [-0.2, -0.15) is 17.9 Å². The summed E-state index contributed by atoms with van der Waals surface area (Å²) in [6.45, 7) is -0.0878.